The van der Waals surface area contributed by atoms with Gasteiger partial charge in [-0.3, -0.25) is 4.79 Å². The van der Waals surface area contributed by atoms with Crippen molar-refractivity contribution in [3.8, 4) is 0 Å². The van der Waals surface area contributed by atoms with Gasteiger partial charge in [-0.2, -0.15) is 0 Å². The fourth-order valence-corrected chi connectivity index (χ4v) is 0.285. The lowest BCUT2D eigenvalue weighted by Gasteiger charge is -2.24. The van der Waals surface area contributed by atoms with Crippen LogP contribution in [-0.2, 0) is 4.79 Å². The minimum Gasteiger partial charge on any atom is -0.369 e. The number of carbonyl (C=O) groups excluding carboxylic acids is 1. The first-order chi connectivity index (χ1) is 3.89. The summed E-state index contributed by atoms with van der Waals surface area (Å²) in [5.41, 5.74) is 4.77. The summed E-state index contributed by atoms with van der Waals surface area (Å²) < 4.78 is 0. The molecule has 0 bridgehead atoms. The highest BCUT2D eigenvalue weighted by atomic mass is 35.5. The summed E-state index contributed by atoms with van der Waals surface area (Å²) in [4.78, 5) is 10.7. The van der Waals surface area contributed by atoms with E-state index in [2.05, 4.69) is 0 Å². The SMILES string of the molecule is CC(C)C(C)(C)C(N)=O.Cl. The lowest BCUT2D eigenvalue weighted by Crippen LogP contribution is -2.35. The predicted octanol–water partition coefficient (Wildman–Crippen LogP) is 1.58. The molecule has 2 nitrogen and oxygen atoms in total. The molecule has 62 valence electrons. The van der Waals surface area contributed by atoms with Gasteiger partial charge in [0.25, 0.3) is 0 Å². The molecule has 0 spiro atoms. The molecule has 0 aliphatic carbocycles. The van der Waals surface area contributed by atoms with Gasteiger partial charge >= 0.3 is 0 Å². The molecular weight excluding hydrogens is 150 g/mol. The molecule has 0 saturated heterocycles. The predicted molar refractivity (Wildman–Crippen MR) is 45.1 cm³/mol. The number of carbonyl (C=O) groups is 1. The summed E-state index contributed by atoms with van der Waals surface area (Å²) in [6.07, 6.45) is 0. The maximum Gasteiger partial charge on any atom is 0.223 e. The second-order valence-corrected chi connectivity index (χ2v) is 3.24. The Labute approximate surface area is 68.6 Å². The van der Waals surface area contributed by atoms with Crippen LogP contribution in [0.4, 0.5) is 0 Å². The van der Waals surface area contributed by atoms with Crippen molar-refractivity contribution >= 4 is 18.3 Å². The van der Waals surface area contributed by atoms with E-state index in [1.54, 1.807) is 0 Å². The maximum atomic E-state index is 10.7. The van der Waals surface area contributed by atoms with Gasteiger partial charge in [0.1, 0.15) is 0 Å². The highest BCUT2D eigenvalue weighted by Gasteiger charge is 2.28. The average Bonchev–Trinajstić information content (AvgIpc) is 1.65. The zero-order valence-electron chi connectivity index (χ0n) is 6.97. The first-order valence-electron chi connectivity index (χ1n) is 3.19. The molecule has 3 heteroatoms. The van der Waals surface area contributed by atoms with Gasteiger partial charge in [-0.1, -0.05) is 27.7 Å². The van der Waals surface area contributed by atoms with Crippen molar-refractivity contribution < 1.29 is 4.79 Å². The lowest BCUT2D eigenvalue weighted by molar-refractivity contribution is -0.128. The van der Waals surface area contributed by atoms with Gasteiger partial charge in [0.05, 0.1) is 0 Å². The second kappa shape index (κ2) is 3.81. The van der Waals surface area contributed by atoms with Crippen LogP contribution in [0.2, 0.25) is 0 Å². The molecule has 0 fully saturated rings. The summed E-state index contributed by atoms with van der Waals surface area (Å²) in [5.74, 6) is 0.0903. The zero-order chi connectivity index (χ0) is 7.65. The fourth-order valence-electron chi connectivity index (χ4n) is 0.285. The van der Waals surface area contributed by atoms with Gasteiger partial charge in [0, 0.05) is 5.41 Å². The monoisotopic (exact) mass is 165 g/mol. The van der Waals surface area contributed by atoms with Crippen LogP contribution in [0.15, 0.2) is 0 Å². The number of primary amides is 1. The first kappa shape index (κ1) is 12.4. The topological polar surface area (TPSA) is 43.1 Å². The van der Waals surface area contributed by atoms with E-state index >= 15 is 0 Å². The van der Waals surface area contributed by atoms with Crippen molar-refractivity contribution in [2.24, 2.45) is 17.1 Å². The summed E-state index contributed by atoms with van der Waals surface area (Å²) in [6, 6.07) is 0. The van der Waals surface area contributed by atoms with E-state index in [9.17, 15) is 4.79 Å². The van der Waals surface area contributed by atoms with Crippen LogP contribution in [0, 0.1) is 11.3 Å². The zero-order valence-corrected chi connectivity index (χ0v) is 7.79. The Bertz CT molecular complexity index is 121. The standard InChI is InChI=1S/C7H15NO.ClH/c1-5(2)7(3,4)6(8)9;/h5H,1-4H3,(H2,8,9);1H. The van der Waals surface area contributed by atoms with Crippen molar-refractivity contribution in [2.45, 2.75) is 27.7 Å². The van der Waals surface area contributed by atoms with Gasteiger partial charge in [-0.15, -0.1) is 12.4 Å². The number of hydrogen-bond donors (Lipinski definition) is 1. The van der Waals surface area contributed by atoms with Crippen LogP contribution in [0.25, 0.3) is 0 Å². The highest BCUT2D eigenvalue weighted by Crippen LogP contribution is 2.24. The summed E-state index contributed by atoms with van der Waals surface area (Å²) in [7, 11) is 0. The number of halogens is 1. The number of hydrogen-bond acceptors (Lipinski definition) is 1. The third-order valence-electron chi connectivity index (χ3n) is 2.08. The molecule has 0 radical (unpaired) electrons. The number of amides is 1. The first-order valence-corrected chi connectivity index (χ1v) is 3.19. The van der Waals surface area contributed by atoms with Crippen LogP contribution in [0.5, 0.6) is 0 Å². The van der Waals surface area contributed by atoms with Crippen LogP contribution in [0.1, 0.15) is 27.7 Å². The van der Waals surface area contributed by atoms with Crippen LogP contribution >= 0.6 is 12.4 Å². The smallest absolute Gasteiger partial charge is 0.223 e. The van der Waals surface area contributed by atoms with Crippen LogP contribution < -0.4 is 5.73 Å². The van der Waals surface area contributed by atoms with Crippen LogP contribution in [0.3, 0.4) is 0 Å². The summed E-state index contributed by atoms with van der Waals surface area (Å²) in [5, 5.41) is 0. The van der Waals surface area contributed by atoms with Gasteiger partial charge < -0.3 is 5.73 Å². The molecule has 0 aromatic rings. The Balaban J connectivity index is 0. The van der Waals surface area contributed by atoms with Gasteiger partial charge in [0.15, 0.2) is 0 Å². The van der Waals surface area contributed by atoms with Gasteiger partial charge in [-0.05, 0) is 5.92 Å². The van der Waals surface area contributed by atoms with E-state index in [1.165, 1.54) is 0 Å². The molecule has 0 unspecified atom stereocenters. The van der Waals surface area contributed by atoms with Crippen molar-refractivity contribution in [1.82, 2.24) is 0 Å². The molecule has 0 saturated carbocycles. The quantitative estimate of drug-likeness (QED) is 0.664. The Morgan fingerprint density at radius 1 is 1.40 bits per heavy atom. The molecule has 0 rings (SSSR count). The minimum atomic E-state index is -0.361. The molecule has 0 aromatic carbocycles. The Hall–Kier alpha value is -0.240. The highest BCUT2D eigenvalue weighted by molar-refractivity contribution is 5.85. The van der Waals surface area contributed by atoms with Crippen LogP contribution in [-0.4, -0.2) is 5.91 Å². The van der Waals surface area contributed by atoms with Crippen molar-refractivity contribution in [3.05, 3.63) is 0 Å². The van der Waals surface area contributed by atoms with Gasteiger partial charge in [-0.25, -0.2) is 0 Å². The van der Waals surface area contributed by atoms with E-state index in [0.29, 0.717) is 5.92 Å². The van der Waals surface area contributed by atoms with E-state index in [1.807, 2.05) is 27.7 Å². The third-order valence-corrected chi connectivity index (χ3v) is 2.08. The number of nitrogens with two attached hydrogens (primary N) is 1. The van der Waals surface area contributed by atoms with Gasteiger partial charge in [0.2, 0.25) is 5.91 Å². The van der Waals surface area contributed by atoms with Crippen molar-refractivity contribution in [1.29, 1.82) is 0 Å². The molecule has 0 heterocycles. The van der Waals surface area contributed by atoms with E-state index in [4.69, 9.17) is 5.73 Å². The number of rotatable bonds is 2. The minimum absolute atomic E-state index is 0. The Kier molecular flexibility index (Phi) is 4.74. The molecule has 1 amide bonds. The molecule has 2 N–H and O–H groups in total. The molecule has 0 aliphatic heterocycles. The molecule has 0 atom stereocenters. The average molecular weight is 166 g/mol. The largest absolute Gasteiger partial charge is 0.369 e. The molecular formula is C7H16ClNO. The van der Waals surface area contributed by atoms with E-state index in [0.717, 1.165) is 0 Å². The Morgan fingerprint density at radius 3 is 1.70 bits per heavy atom. The summed E-state index contributed by atoms with van der Waals surface area (Å²) >= 11 is 0. The lowest BCUT2D eigenvalue weighted by atomic mass is 9.81. The van der Waals surface area contributed by atoms with E-state index in [-0.39, 0.29) is 23.7 Å². The Morgan fingerprint density at radius 2 is 1.70 bits per heavy atom. The third kappa shape index (κ3) is 2.56. The summed E-state index contributed by atoms with van der Waals surface area (Å²) in [6.45, 7) is 7.70. The fraction of sp³-hybridized carbons (Fsp3) is 0.857. The second-order valence-electron chi connectivity index (χ2n) is 3.24. The van der Waals surface area contributed by atoms with Crippen molar-refractivity contribution in [3.63, 3.8) is 0 Å². The normalized spacial score (nSPS) is 10.9. The van der Waals surface area contributed by atoms with Crippen molar-refractivity contribution in [2.75, 3.05) is 0 Å². The molecule has 10 heavy (non-hydrogen) atoms. The molecule has 0 aliphatic rings. The van der Waals surface area contributed by atoms with E-state index < -0.39 is 0 Å². The maximum absolute atomic E-state index is 10.7. The molecule has 0 aromatic heterocycles.